The van der Waals surface area contributed by atoms with E-state index in [1.807, 2.05) is 0 Å². The van der Waals surface area contributed by atoms with Crippen molar-refractivity contribution in [3.8, 4) is 44.5 Å². The number of aryl methyl sites for hydroxylation is 1. The van der Waals surface area contributed by atoms with E-state index in [1.54, 1.807) is 5.56 Å². The lowest BCUT2D eigenvalue weighted by molar-refractivity contribution is -0.0939. The van der Waals surface area contributed by atoms with E-state index >= 15 is 0 Å². The lowest BCUT2D eigenvalue weighted by atomic mass is 9.33. The smallest absolute Gasteiger partial charge is 0.0464 e. The molecule has 9 aromatic carbocycles. The Hall–Kier alpha value is -8.00. The van der Waals surface area contributed by atoms with Crippen LogP contribution >= 0.6 is 0 Å². The summed E-state index contributed by atoms with van der Waals surface area (Å²) in [6, 6.07) is 85.8. The first-order valence-electron chi connectivity index (χ1n) is 28.0. The Morgan fingerprint density at radius 1 is 0.434 bits per heavy atom. The molecule has 1 heteroatoms. The molecular weight excluding hydrogens is 915 g/mol. The molecule has 0 amide bonds. The van der Waals surface area contributed by atoms with Crippen LogP contribution in [0.1, 0.15) is 97.1 Å². The third kappa shape index (κ3) is 7.11. The molecule has 0 aliphatic heterocycles. The van der Waals surface area contributed by atoms with Crippen LogP contribution in [0.3, 0.4) is 0 Å². The lowest BCUT2D eigenvalue weighted by Gasteiger charge is -2.70. The largest absolute Gasteiger partial charge is 0.310 e. The molecule has 5 aliphatic rings. The summed E-state index contributed by atoms with van der Waals surface area (Å²) in [5, 5.41) is 0. The molecule has 0 radical (unpaired) electrons. The van der Waals surface area contributed by atoms with E-state index in [0.717, 1.165) is 49.9 Å². The van der Waals surface area contributed by atoms with Gasteiger partial charge in [0.05, 0.1) is 0 Å². The van der Waals surface area contributed by atoms with Gasteiger partial charge in [-0.25, -0.2) is 0 Å². The van der Waals surface area contributed by atoms with Gasteiger partial charge in [-0.1, -0.05) is 219 Å². The maximum Gasteiger partial charge on any atom is 0.0464 e. The molecule has 6 unspecified atom stereocenters. The van der Waals surface area contributed by atoms with Crippen molar-refractivity contribution in [3.05, 3.63) is 288 Å². The van der Waals surface area contributed by atoms with Crippen molar-refractivity contribution in [1.82, 2.24) is 0 Å². The van der Waals surface area contributed by atoms with E-state index in [2.05, 4.69) is 268 Å². The topological polar surface area (TPSA) is 3.24 Å². The third-order valence-corrected chi connectivity index (χ3v) is 19.3. The highest BCUT2D eigenvalue weighted by Gasteiger charge is 2.71. The van der Waals surface area contributed by atoms with Gasteiger partial charge < -0.3 is 4.90 Å². The summed E-state index contributed by atoms with van der Waals surface area (Å²) < 4.78 is 0. The first-order valence-corrected chi connectivity index (χ1v) is 28.0. The number of fused-ring (bicyclic) bond motifs is 8. The first kappa shape index (κ1) is 46.5. The Balaban J connectivity index is 1.05. The van der Waals surface area contributed by atoms with Crippen LogP contribution < -0.4 is 4.90 Å². The molecule has 3 fully saturated rings. The zero-order chi connectivity index (χ0) is 51.0. The molecule has 0 heterocycles. The second-order valence-electron chi connectivity index (χ2n) is 22.9. The molecule has 3 saturated carbocycles. The van der Waals surface area contributed by atoms with Gasteiger partial charge in [0.15, 0.2) is 0 Å². The summed E-state index contributed by atoms with van der Waals surface area (Å²) in [5.41, 5.74) is 25.3. The summed E-state index contributed by atoms with van der Waals surface area (Å²) in [6.07, 6.45) is 15.0. The summed E-state index contributed by atoms with van der Waals surface area (Å²) in [6.45, 7) is 9.16. The monoisotopic (exact) mass is 980 g/mol. The minimum absolute atomic E-state index is 0.147. The van der Waals surface area contributed by atoms with Crippen LogP contribution in [0.5, 0.6) is 0 Å². The van der Waals surface area contributed by atoms with Gasteiger partial charge in [0.1, 0.15) is 0 Å². The van der Waals surface area contributed by atoms with Crippen molar-refractivity contribution >= 4 is 22.6 Å². The van der Waals surface area contributed by atoms with Crippen LogP contribution in [0, 0.1) is 18.3 Å². The first-order chi connectivity index (χ1) is 37.4. The van der Waals surface area contributed by atoms with Crippen molar-refractivity contribution in [1.29, 1.82) is 0 Å². The molecular formula is C75H65N. The average Bonchev–Trinajstić information content (AvgIpc) is 3.47. The molecule has 0 saturated heterocycles. The maximum absolute atomic E-state index is 4.55. The van der Waals surface area contributed by atoms with Gasteiger partial charge >= 0.3 is 0 Å². The number of anilines is 3. The quantitative estimate of drug-likeness (QED) is 0.147. The highest BCUT2D eigenvalue weighted by molar-refractivity contribution is 5.87. The van der Waals surface area contributed by atoms with Gasteiger partial charge in [0.2, 0.25) is 0 Å². The standard InChI is InChI=1S/C75H65N/c1-4-21-69-61(5-2)65-30-16-14-28-63(65)56-47-73(70-33-19-18-32-67(70)62-27-13-12-22-51(62)3)44-20-45-74-48-57(50-75(69,49-56)72(73)74)64-29-15-17-31-66(64)68-43-42-60(46-71(68)74)76(58-38-34-54(35-39-58)52-23-8-6-9-24-52)59-40-36-55(37-41-59)53-25-10-7-11-26-53/h4-19,21-43,46,56-57,72H,1,20,44-45,47-50H2,2-3H3/b61-5-,69-21?. The van der Waals surface area contributed by atoms with E-state index in [1.165, 1.54) is 95.6 Å². The fraction of sp³-hybridized carbons (Fsp3) is 0.200. The normalized spacial score (nSPS) is 24.7. The Kier molecular flexibility index (Phi) is 11.3. The molecule has 4 bridgehead atoms. The van der Waals surface area contributed by atoms with Crippen molar-refractivity contribution in [2.75, 3.05) is 4.90 Å². The third-order valence-electron chi connectivity index (χ3n) is 19.3. The van der Waals surface area contributed by atoms with E-state index in [0.29, 0.717) is 17.8 Å². The molecule has 9 aromatic rings. The van der Waals surface area contributed by atoms with Gasteiger partial charge in [-0.3, -0.25) is 0 Å². The van der Waals surface area contributed by atoms with Crippen molar-refractivity contribution in [3.63, 3.8) is 0 Å². The highest BCUT2D eigenvalue weighted by atomic mass is 15.1. The predicted molar refractivity (Wildman–Crippen MR) is 320 cm³/mol. The Labute approximate surface area is 450 Å². The van der Waals surface area contributed by atoms with E-state index < -0.39 is 0 Å². The predicted octanol–water partition coefficient (Wildman–Crippen LogP) is 20.1. The van der Waals surface area contributed by atoms with Crippen molar-refractivity contribution in [2.45, 2.75) is 81.5 Å². The maximum atomic E-state index is 4.55. The number of allylic oxidation sites excluding steroid dienone is 5. The number of rotatable bonds is 8. The zero-order valence-corrected chi connectivity index (χ0v) is 43.9. The van der Waals surface area contributed by atoms with Gasteiger partial charge in [0, 0.05) is 33.3 Å². The van der Waals surface area contributed by atoms with Gasteiger partial charge in [-0.15, -0.1) is 0 Å². The summed E-state index contributed by atoms with van der Waals surface area (Å²) in [4.78, 5) is 2.54. The minimum Gasteiger partial charge on any atom is -0.310 e. The molecule has 6 atom stereocenters. The van der Waals surface area contributed by atoms with Crippen LogP contribution in [0.25, 0.3) is 50.1 Å². The minimum atomic E-state index is -0.176. The number of benzene rings is 9. The molecule has 14 rings (SSSR count). The van der Waals surface area contributed by atoms with Crippen LogP contribution in [0.2, 0.25) is 0 Å². The zero-order valence-electron chi connectivity index (χ0n) is 43.9. The van der Waals surface area contributed by atoms with E-state index in [4.69, 9.17) is 0 Å². The van der Waals surface area contributed by atoms with Crippen LogP contribution in [0.4, 0.5) is 17.1 Å². The van der Waals surface area contributed by atoms with E-state index in [-0.39, 0.29) is 16.2 Å². The second kappa shape index (κ2) is 18.4. The molecule has 5 aliphatic carbocycles. The molecule has 1 nitrogen and oxygen atoms in total. The molecule has 370 valence electrons. The Morgan fingerprint density at radius 2 is 0.895 bits per heavy atom. The molecule has 0 N–H and O–H groups in total. The second-order valence-corrected chi connectivity index (χ2v) is 22.9. The fourth-order valence-corrected chi connectivity index (χ4v) is 16.8. The molecule has 2 spiro atoms. The van der Waals surface area contributed by atoms with Gasteiger partial charge in [-0.05, 0) is 196 Å². The van der Waals surface area contributed by atoms with Gasteiger partial charge in [-0.2, -0.15) is 0 Å². The summed E-state index contributed by atoms with van der Waals surface area (Å²) >= 11 is 0. The summed E-state index contributed by atoms with van der Waals surface area (Å²) in [5.74, 6) is 1.04. The number of hydrogen-bond acceptors (Lipinski definition) is 1. The van der Waals surface area contributed by atoms with E-state index in [9.17, 15) is 0 Å². The fourth-order valence-electron chi connectivity index (χ4n) is 16.8. The molecule has 76 heavy (non-hydrogen) atoms. The van der Waals surface area contributed by atoms with Crippen LogP contribution in [0.15, 0.2) is 255 Å². The lowest BCUT2D eigenvalue weighted by Crippen LogP contribution is -2.65. The number of hydrogen-bond donors (Lipinski definition) is 0. The molecule has 0 aromatic heterocycles. The van der Waals surface area contributed by atoms with Crippen molar-refractivity contribution in [2.24, 2.45) is 11.3 Å². The summed E-state index contributed by atoms with van der Waals surface area (Å²) in [7, 11) is 0. The van der Waals surface area contributed by atoms with Crippen LogP contribution in [-0.2, 0) is 10.8 Å². The Bertz CT molecular complexity index is 3660. The number of nitrogens with zero attached hydrogens (tertiary/aromatic N) is 1. The van der Waals surface area contributed by atoms with Gasteiger partial charge in [0.25, 0.3) is 0 Å². The average molecular weight is 980 g/mol. The SMILES string of the molecule is C=CC=C1/C(=C\C)c2ccccc2C2CC13CC1CC4(CCCC(c5ccccc5-c5ccccc5C)(C2)C34)c2cc(N(c3ccc(-c4ccccc4)cc3)c3ccc(-c4ccccc4)cc3)ccc2-c2ccccc21. The Morgan fingerprint density at radius 3 is 1.49 bits per heavy atom. The van der Waals surface area contributed by atoms with Crippen LogP contribution in [-0.4, -0.2) is 0 Å². The highest BCUT2D eigenvalue weighted by Crippen LogP contribution is 2.79. The van der Waals surface area contributed by atoms with Crippen molar-refractivity contribution < 1.29 is 0 Å².